The largest absolute Gasteiger partial charge is 0.492 e. The zero-order valence-electron chi connectivity index (χ0n) is 17.2. The van der Waals surface area contributed by atoms with Crippen molar-refractivity contribution in [3.63, 3.8) is 0 Å². The third-order valence-electron chi connectivity index (χ3n) is 4.98. The monoisotopic (exact) mass is 465 g/mol. The number of hydrogen-bond donors (Lipinski definition) is 2. The van der Waals surface area contributed by atoms with Crippen molar-refractivity contribution in [1.82, 2.24) is 5.32 Å². The first-order valence-corrected chi connectivity index (χ1v) is 10.8. The van der Waals surface area contributed by atoms with Gasteiger partial charge < -0.3 is 15.0 Å². The van der Waals surface area contributed by atoms with E-state index < -0.39 is 0 Å². The first kappa shape index (κ1) is 21.8. The molecule has 0 fully saturated rings. The summed E-state index contributed by atoms with van der Waals surface area (Å²) >= 11 is 11.4. The average Bonchev–Trinajstić information content (AvgIpc) is 3.12. The molecule has 6 nitrogen and oxygen atoms in total. The quantitative estimate of drug-likeness (QED) is 0.517. The summed E-state index contributed by atoms with van der Waals surface area (Å²) in [7, 11) is 0. The van der Waals surface area contributed by atoms with Crippen molar-refractivity contribution in [1.29, 1.82) is 0 Å². The molecular formula is C24H20ClN3O3S. The third-order valence-corrected chi connectivity index (χ3v) is 5.48. The van der Waals surface area contributed by atoms with Gasteiger partial charge >= 0.3 is 0 Å². The summed E-state index contributed by atoms with van der Waals surface area (Å²) in [5, 5.41) is 6.11. The number of hydrogen-bond acceptors (Lipinski definition) is 4. The normalized spacial score (nSPS) is 12.3. The molecule has 0 bridgehead atoms. The second kappa shape index (κ2) is 9.38. The minimum absolute atomic E-state index is 0.0156. The second-order valence-corrected chi connectivity index (χ2v) is 7.90. The molecule has 3 aromatic rings. The van der Waals surface area contributed by atoms with Crippen LogP contribution in [0.25, 0.3) is 0 Å². The van der Waals surface area contributed by atoms with Crippen molar-refractivity contribution in [2.24, 2.45) is 0 Å². The Balaban J connectivity index is 1.37. The highest BCUT2D eigenvalue weighted by molar-refractivity contribution is 7.80. The summed E-state index contributed by atoms with van der Waals surface area (Å²) in [5.74, 6) is 0.119. The fourth-order valence-corrected chi connectivity index (χ4v) is 3.89. The van der Waals surface area contributed by atoms with Crippen molar-refractivity contribution in [2.75, 3.05) is 16.8 Å². The average molecular weight is 466 g/mol. The van der Waals surface area contributed by atoms with Gasteiger partial charge in [-0.2, -0.15) is 0 Å². The highest BCUT2D eigenvalue weighted by Crippen LogP contribution is 2.29. The first-order valence-electron chi connectivity index (χ1n) is 10.0. The maximum atomic E-state index is 12.6. The van der Waals surface area contributed by atoms with E-state index in [1.165, 1.54) is 6.07 Å². The first-order chi connectivity index (χ1) is 15.5. The van der Waals surface area contributed by atoms with E-state index in [0.29, 0.717) is 35.2 Å². The maximum absolute atomic E-state index is 12.6. The summed E-state index contributed by atoms with van der Waals surface area (Å²) < 4.78 is 5.38. The fraction of sp³-hybridized carbons (Fsp3) is 0.125. The van der Waals surface area contributed by atoms with Crippen LogP contribution in [0.5, 0.6) is 5.75 Å². The van der Waals surface area contributed by atoms with Crippen LogP contribution in [0.3, 0.4) is 0 Å². The Bertz CT molecular complexity index is 1200. The summed E-state index contributed by atoms with van der Waals surface area (Å²) in [4.78, 5) is 26.8. The highest BCUT2D eigenvalue weighted by atomic mass is 35.5. The summed E-state index contributed by atoms with van der Waals surface area (Å²) in [6.07, 6.45) is 0. The molecular weight excluding hydrogens is 446 g/mol. The Kier molecular flexibility index (Phi) is 6.39. The van der Waals surface area contributed by atoms with Crippen LogP contribution in [-0.2, 0) is 6.54 Å². The third kappa shape index (κ3) is 4.59. The molecule has 0 spiro atoms. The van der Waals surface area contributed by atoms with Crippen LogP contribution < -0.4 is 20.3 Å². The van der Waals surface area contributed by atoms with Crippen LogP contribution >= 0.6 is 23.8 Å². The van der Waals surface area contributed by atoms with Gasteiger partial charge in [0.25, 0.3) is 11.8 Å². The molecule has 1 aliphatic rings. The lowest BCUT2D eigenvalue weighted by molar-refractivity contribution is 0.0974. The molecule has 0 unspecified atom stereocenters. The number of benzene rings is 3. The molecule has 4 rings (SSSR count). The Morgan fingerprint density at radius 2 is 1.88 bits per heavy atom. The van der Waals surface area contributed by atoms with Crippen LogP contribution in [0.1, 0.15) is 33.2 Å². The van der Waals surface area contributed by atoms with Gasteiger partial charge in [0.2, 0.25) is 0 Å². The van der Waals surface area contributed by atoms with Crippen LogP contribution in [-0.4, -0.2) is 23.5 Å². The number of rotatable bonds is 5. The summed E-state index contributed by atoms with van der Waals surface area (Å²) in [6.45, 7) is 2.88. The maximum Gasteiger partial charge on any atom is 0.258 e. The Labute approximate surface area is 196 Å². The van der Waals surface area contributed by atoms with Crippen LogP contribution in [0, 0.1) is 0 Å². The zero-order chi connectivity index (χ0) is 22.7. The topological polar surface area (TPSA) is 70.7 Å². The van der Waals surface area contributed by atoms with E-state index in [-0.39, 0.29) is 16.9 Å². The molecule has 1 heterocycles. The van der Waals surface area contributed by atoms with Gasteiger partial charge in [0, 0.05) is 22.5 Å². The van der Waals surface area contributed by atoms with E-state index in [2.05, 4.69) is 10.6 Å². The number of carbonyl (C=O) groups is 2. The number of anilines is 2. The Morgan fingerprint density at radius 3 is 2.56 bits per heavy atom. The van der Waals surface area contributed by atoms with Gasteiger partial charge in [0.05, 0.1) is 18.2 Å². The molecule has 0 atom stereocenters. The summed E-state index contributed by atoms with van der Waals surface area (Å²) in [6, 6.07) is 19.7. The smallest absolute Gasteiger partial charge is 0.258 e. The molecule has 2 amide bonds. The minimum atomic E-state index is -0.385. The number of nitrogens with zero attached hydrogens (tertiary/aromatic N) is 1. The number of thiocarbonyl (C=S) groups is 1. The fourth-order valence-electron chi connectivity index (χ4n) is 3.44. The standard InChI is InChI=1S/C24H20ClN3O3S/c1-2-31-21-12-7-15(13-20(21)25)22(29)27-24(32)26-17-8-10-18(11-9-17)28-14-16-5-3-4-6-19(16)23(28)30/h3-13H,2,14H2,1H3,(H2,26,27,29,32). The number of amides is 2. The molecule has 2 N–H and O–H groups in total. The summed E-state index contributed by atoms with van der Waals surface area (Å²) in [5.41, 5.74) is 3.58. The lowest BCUT2D eigenvalue weighted by atomic mass is 10.1. The van der Waals surface area contributed by atoms with Gasteiger partial charge in [-0.05, 0) is 73.2 Å². The van der Waals surface area contributed by atoms with Gasteiger partial charge in [-0.25, -0.2) is 0 Å². The van der Waals surface area contributed by atoms with Crippen molar-refractivity contribution >= 4 is 52.1 Å². The lowest BCUT2D eigenvalue weighted by Gasteiger charge is -2.17. The van der Waals surface area contributed by atoms with Crippen molar-refractivity contribution < 1.29 is 14.3 Å². The van der Waals surface area contributed by atoms with Gasteiger partial charge in [-0.15, -0.1) is 0 Å². The molecule has 0 aromatic heterocycles. The molecule has 0 saturated carbocycles. The number of nitrogens with one attached hydrogen (secondary N) is 2. The molecule has 32 heavy (non-hydrogen) atoms. The van der Waals surface area contributed by atoms with E-state index in [1.54, 1.807) is 29.2 Å². The van der Waals surface area contributed by atoms with Gasteiger partial charge in [0.15, 0.2) is 5.11 Å². The van der Waals surface area contributed by atoms with E-state index in [1.807, 2.05) is 43.3 Å². The Hall–Kier alpha value is -3.42. The number of carbonyl (C=O) groups excluding carboxylic acids is 2. The van der Waals surface area contributed by atoms with Crippen LogP contribution in [0.15, 0.2) is 66.7 Å². The minimum Gasteiger partial charge on any atom is -0.492 e. The van der Waals surface area contributed by atoms with Crippen molar-refractivity contribution in [2.45, 2.75) is 13.5 Å². The second-order valence-electron chi connectivity index (χ2n) is 7.08. The van der Waals surface area contributed by atoms with Gasteiger partial charge in [0.1, 0.15) is 5.75 Å². The van der Waals surface area contributed by atoms with Crippen molar-refractivity contribution in [3.05, 3.63) is 88.4 Å². The van der Waals surface area contributed by atoms with Crippen molar-refractivity contribution in [3.8, 4) is 5.75 Å². The highest BCUT2D eigenvalue weighted by Gasteiger charge is 2.27. The number of halogens is 1. The molecule has 162 valence electrons. The predicted molar refractivity (Wildman–Crippen MR) is 130 cm³/mol. The van der Waals surface area contributed by atoms with E-state index in [0.717, 1.165) is 16.8 Å². The van der Waals surface area contributed by atoms with Crippen LogP contribution in [0.2, 0.25) is 5.02 Å². The predicted octanol–water partition coefficient (Wildman–Crippen LogP) is 5.03. The molecule has 8 heteroatoms. The lowest BCUT2D eigenvalue weighted by Crippen LogP contribution is -2.34. The molecule has 3 aromatic carbocycles. The molecule has 0 saturated heterocycles. The van der Waals surface area contributed by atoms with Gasteiger partial charge in [-0.3, -0.25) is 14.9 Å². The molecule has 0 aliphatic carbocycles. The number of fused-ring (bicyclic) bond motifs is 1. The Morgan fingerprint density at radius 1 is 1.12 bits per heavy atom. The molecule has 0 radical (unpaired) electrons. The number of ether oxygens (including phenoxy) is 1. The van der Waals surface area contributed by atoms with E-state index >= 15 is 0 Å². The van der Waals surface area contributed by atoms with E-state index in [4.69, 9.17) is 28.6 Å². The zero-order valence-corrected chi connectivity index (χ0v) is 18.8. The van der Waals surface area contributed by atoms with Crippen LogP contribution in [0.4, 0.5) is 11.4 Å². The SMILES string of the molecule is CCOc1ccc(C(=O)NC(=S)Nc2ccc(N3Cc4ccccc4C3=O)cc2)cc1Cl. The van der Waals surface area contributed by atoms with E-state index in [9.17, 15) is 9.59 Å². The van der Waals surface area contributed by atoms with Gasteiger partial charge in [-0.1, -0.05) is 29.8 Å². The molecule has 1 aliphatic heterocycles.